The summed E-state index contributed by atoms with van der Waals surface area (Å²) in [6.45, 7) is 4.66. The van der Waals surface area contributed by atoms with Gasteiger partial charge in [-0.25, -0.2) is 4.68 Å². The number of rotatable bonds is 7. The highest BCUT2D eigenvalue weighted by Gasteiger charge is 2.07. The summed E-state index contributed by atoms with van der Waals surface area (Å²) in [6, 6.07) is 15.5. The van der Waals surface area contributed by atoms with Gasteiger partial charge < -0.3 is 5.32 Å². The molecule has 0 spiro atoms. The van der Waals surface area contributed by atoms with Gasteiger partial charge in [0, 0.05) is 29.7 Å². The van der Waals surface area contributed by atoms with Gasteiger partial charge in [-0.05, 0) is 75.6 Å². The summed E-state index contributed by atoms with van der Waals surface area (Å²) < 4.78 is 1.88. The molecule has 1 amide bonds. The molecule has 1 N–H and O–H groups in total. The Bertz CT molecular complexity index is 853. The normalized spacial score (nSPS) is 10.7. The molecule has 0 atom stereocenters. The van der Waals surface area contributed by atoms with Crippen LogP contribution in [0.3, 0.4) is 0 Å². The number of hydrogen-bond acceptors (Lipinski definition) is 3. The Balaban J connectivity index is 1.47. The van der Waals surface area contributed by atoms with E-state index in [0.717, 1.165) is 42.0 Å². The van der Waals surface area contributed by atoms with E-state index >= 15 is 0 Å². The lowest BCUT2D eigenvalue weighted by Gasteiger charge is -2.07. The zero-order valence-corrected chi connectivity index (χ0v) is 15.3. The lowest BCUT2D eigenvalue weighted by atomic mass is 10.1. The predicted octanol–water partition coefficient (Wildman–Crippen LogP) is 3.64. The molecule has 134 valence electrons. The minimum atomic E-state index is -0.0391. The molecule has 2 heterocycles. The Labute approximate surface area is 154 Å². The van der Waals surface area contributed by atoms with Crippen molar-refractivity contribution in [3.63, 3.8) is 0 Å². The average molecular weight is 348 g/mol. The van der Waals surface area contributed by atoms with Crippen molar-refractivity contribution in [2.45, 2.75) is 33.1 Å². The van der Waals surface area contributed by atoms with E-state index in [1.54, 1.807) is 0 Å². The molecule has 0 aliphatic heterocycles. The van der Waals surface area contributed by atoms with Crippen molar-refractivity contribution < 1.29 is 4.79 Å². The lowest BCUT2D eigenvalue weighted by Crippen LogP contribution is -2.24. The summed E-state index contributed by atoms with van der Waals surface area (Å²) in [6.07, 6.45) is 4.70. The molecule has 0 aliphatic carbocycles. The fourth-order valence-corrected chi connectivity index (χ4v) is 2.93. The van der Waals surface area contributed by atoms with Crippen LogP contribution in [-0.2, 0) is 6.42 Å². The summed E-state index contributed by atoms with van der Waals surface area (Å²) in [4.78, 5) is 16.6. The third kappa shape index (κ3) is 4.57. The minimum Gasteiger partial charge on any atom is -0.352 e. The highest BCUT2D eigenvalue weighted by molar-refractivity contribution is 5.94. The van der Waals surface area contributed by atoms with Gasteiger partial charge in [-0.15, -0.1) is 0 Å². The van der Waals surface area contributed by atoms with Gasteiger partial charge in [0.2, 0.25) is 0 Å². The van der Waals surface area contributed by atoms with Crippen LogP contribution in [0.1, 0.15) is 40.3 Å². The molecule has 0 aliphatic rings. The van der Waals surface area contributed by atoms with E-state index in [1.165, 1.54) is 0 Å². The van der Waals surface area contributed by atoms with Crippen LogP contribution in [0, 0.1) is 13.8 Å². The van der Waals surface area contributed by atoms with Gasteiger partial charge >= 0.3 is 0 Å². The topological polar surface area (TPSA) is 59.8 Å². The molecule has 0 saturated carbocycles. The van der Waals surface area contributed by atoms with Crippen molar-refractivity contribution in [2.75, 3.05) is 6.54 Å². The van der Waals surface area contributed by atoms with Crippen molar-refractivity contribution >= 4 is 5.91 Å². The standard InChI is InChI=1S/C21H24N4O/c1-16-15-17(2)25(24-16)20-11-9-18(10-12-20)21(26)23-14-6-4-8-19-7-3-5-13-22-19/h3,5,7,9-13,15H,4,6,8,14H2,1-2H3,(H,23,26). The number of hydrogen-bond donors (Lipinski definition) is 1. The van der Waals surface area contributed by atoms with E-state index in [1.807, 2.05) is 73.3 Å². The molecule has 0 bridgehead atoms. The molecule has 3 aromatic rings. The number of carbonyl (C=O) groups is 1. The van der Waals surface area contributed by atoms with Crippen LogP contribution in [0.4, 0.5) is 0 Å². The summed E-state index contributed by atoms with van der Waals surface area (Å²) in [5, 5.41) is 7.44. The number of amides is 1. The maximum atomic E-state index is 12.3. The van der Waals surface area contributed by atoms with Crippen LogP contribution in [-0.4, -0.2) is 27.2 Å². The maximum absolute atomic E-state index is 12.3. The van der Waals surface area contributed by atoms with Crippen molar-refractivity contribution in [1.82, 2.24) is 20.1 Å². The number of benzene rings is 1. The van der Waals surface area contributed by atoms with Gasteiger partial charge in [0.05, 0.1) is 11.4 Å². The van der Waals surface area contributed by atoms with Crippen LogP contribution in [0.25, 0.3) is 5.69 Å². The number of aryl methyl sites for hydroxylation is 3. The predicted molar refractivity (Wildman–Crippen MR) is 103 cm³/mol. The number of nitrogens with one attached hydrogen (secondary N) is 1. The van der Waals surface area contributed by atoms with Crippen LogP contribution in [0.15, 0.2) is 54.7 Å². The highest BCUT2D eigenvalue weighted by atomic mass is 16.1. The third-order valence-corrected chi connectivity index (χ3v) is 4.26. The third-order valence-electron chi connectivity index (χ3n) is 4.26. The Hall–Kier alpha value is -2.95. The van der Waals surface area contributed by atoms with Crippen LogP contribution >= 0.6 is 0 Å². The molecule has 0 saturated heterocycles. The zero-order valence-electron chi connectivity index (χ0n) is 15.3. The summed E-state index contributed by atoms with van der Waals surface area (Å²) >= 11 is 0. The van der Waals surface area contributed by atoms with E-state index in [-0.39, 0.29) is 5.91 Å². The van der Waals surface area contributed by atoms with E-state index in [4.69, 9.17) is 0 Å². The van der Waals surface area contributed by atoms with Gasteiger partial charge in [-0.1, -0.05) is 6.07 Å². The number of carbonyl (C=O) groups excluding carboxylic acids is 1. The molecular formula is C21H24N4O. The number of nitrogens with zero attached hydrogens (tertiary/aromatic N) is 3. The first-order valence-corrected chi connectivity index (χ1v) is 8.95. The first-order chi connectivity index (χ1) is 12.6. The molecule has 26 heavy (non-hydrogen) atoms. The van der Waals surface area contributed by atoms with E-state index in [0.29, 0.717) is 12.1 Å². The Kier molecular flexibility index (Phi) is 5.79. The molecule has 3 rings (SSSR count). The highest BCUT2D eigenvalue weighted by Crippen LogP contribution is 2.13. The van der Waals surface area contributed by atoms with E-state index in [9.17, 15) is 4.79 Å². The maximum Gasteiger partial charge on any atom is 0.251 e. The average Bonchev–Trinajstić information content (AvgIpc) is 3.00. The molecule has 5 heteroatoms. The second-order valence-corrected chi connectivity index (χ2v) is 6.42. The Morgan fingerprint density at radius 2 is 1.88 bits per heavy atom. The fourth-order valence-electron chi connectivity index (χ4n) is 2.93. The minimum absolute atomic E-state index is 0.0391. The first-order valence-electron chi connectivity index (χ1n) is 8.95. The second kappa shape index (κ2) is 8.43. The monoisotopic (exact) mass is 348 g/mol. The lowest BCUT2D eigenvalue weighted by molar-refractivity contribution is 0.0953. The molecule has 1 aromatic carbocycles. The first kappa shape index (κ1) is 17.9. The van der Waals surface area contributed by atoms with Crippen molar-refractivity contribution in [3.8, 4) is 5.69 Å². The van der Waals surface area contributed by atoms with Crippen LogP contribution in [0.2, 0.25) is 0 Å². The largest absolute Gasteiger partial charge is 0.352 e. The van der Waals surface area contributed by atoms with Gasteiger partial charge in [0.1, 0.15) is 0 Å². The Morgan fingerprint density at radius 3 is 2.54 bits per heavy atom. The van der Waals surface area contributed by atoms with Gasteiger partial charge in [0.15, 0.2) is 0 Å². The summed E-state index contributed by atoms with van der Waals surface area (Å²) in [5.74, 6) is -0.0391. The molecule has 0 unspecified atom stereocenters. The summed E-state index contributed by atoms with van der Waals surface area (Å²) in [7, 11) is 0. The quantitative estimate of drug-likeness (QED) is 0.663. The number of unbranched alkanes of at least 4 members (excludes halogenated alkanes) is 1. The second-order valence-electron chi connectivity index (χ2n) is 6.42. The molecule has 0 radical (unpaired) electrons. The van der Waals surface area contributed by atoms with Gasteiger partial charge in [0.25, 0.3) is 5.91 Å². The van der Waals surface area contributed by atoms with Crippen molar-refractivity contribution in [2.24, 2.45) is 0 Å². The molecular weight excluding hydrogens is 324 g/mol. The molecule has 0 fully saturated rings. The number of aromatic nitrogens is 3. The zero-order chi connectivity index (χ0) is 18.4. The molecule has 5 nitrogen and oxygen atoms in total. The smallest absolute Gasteiger partial charge is 0.251 e. The Morgan fingerprint density at radius 1 is 1.08 bits per heavy atom. The van der Waals surface area contributed by atoms with Crippen molar-refractivity contribution in [1.29, 1.82) is 0 Å². The fraction of sp³-hybridized carbons (Fsp3) is 0.286. The van der Waals surface area contributed by atoms with Gasteiger partial charge in [-0.2, -0.15) is 5.10 Å². The van der Waals surface area contributed by atoms with E-state index < -0.39 is 0 Å². The van der Waals surface area contributed by atoms with Crippen molar-refractivity contribution in [3.05, 3.63) is 77.4 Å². The van der Waals surface area contributed by atoms with Crippen LogP contribution in [0.5, 0.6) is 0 Å². The number of pyridine rings is 1. The van der Waals surface area contributed by atoms with E-state index in [2.05, 4.69) is 15.4 Å². The molecule has 2 aromatic heterocycles. The SMILES string of the molecule is Cc1cc(C)n(-c2ccc(C(=O)NCCCCc3ccccn3)cc2)n1. The van der Waals surface area contributed by atoms with Gasteiger partial charge in [-0.3, -0.25) is 9.78 Å². The summed E-state index contributed by atoms with van der Waals surface area (Å²) in [5.41, 5.74) is 4.78. The van der Waals surface area contributed by atoms with Crippen LogP contribution < -0.4 is 5.32 Å².